The third-order valence-corrected chi connectivity index (χ3v) is 3.03. The lowest BCUT2D eigenvalue weighted by atomic mass is 10.1. The lowest BCUT2D eigenvalue weighted by Gasteiger charge is -2.16. The van der Waals surface area contributed by atoms with Crippen molar-refractivity contribution >= 4 is 17.3 Å². The number of para-hydroxylation sites is 1. The van der Waals surface area contributed by atoms with Gasteiger partial charge in [-0.2, -0.15) is 0 Å². The first-order valence-corrected chi connectivity index (χ1v) is 6.18. The van der Waals surface area contributed by atoms with E-state index in [4.69, 9.17) is 5.11 Å². The molecule has 7 nitrogen and oxygen atoms in total. The Morgan fingerprint density at radius 3 is 2.57 bits per heavy atom. The summed E-state index contributed by atoms with van der Waals surface area (Å²) in [4.78, 5) is 25.5. The molecule has 7 heteroatoms. The monoisotopic (exact) mass is 287 g/mol. The Labute approximate surface area is 120 Å². The molecule has 0 aliphatic carbocycles. The molecule has 0 aliphatic heterocycles. The molecular weight excluding hydrogens is 274 g/mol. The smallest absolute Gasteiger partial charge is 0.342 e. The van der Waals surface area contributed by atoms with Gasteiger partial charge in [0.1, 0.15) is 11.3 Å². The van der Waals surface area contributed by atoms with Crippen molar-refractivity contribution in [2.45, 2.75) is 13.0 Å². The van der Waals surface area contributed by atoms with Crippen molar-refractivity contribution in [1.29, 1.82) is 0 Å². The number of carboxylic acids is 1. The molecule has 0 spiro atoms. The van der Waals surface area contributed by atoms with Gasteiger partial charge in [0.25, 0.3) is 0 Å². The minimum absolute atomic E-state index is 0.171. The summed E-state index contributed by atoms with van der Waals surface area (Å²) in [5.74, 6) is -1.33. The van der Waals surface area contributed by atoms with Crippen LogP contribution in [-0.2, 0) is 0 Å². The molecule has 1 heterocycles. The van der Waals surface area contributed by atoms with Crippen molar-refractivity contribution in [3.05, 3.63) is 64.0 Å². The van der Waals surface area contributed by atoms with E-state index in [1.165, 1.54) is 18.2 Å². The molecule has 0 saturated heterocycles. The Balaban J connectivity index is 2.38. The lowest BCUT2D eigenvalue weighted by molar-refractivity contribution is -0.384. The van der Waals surface area contributed by atoms with Crippen LogP contribution in [0.25, 0.3) is 0 Å². The van der Waals surface area contributed by atoms with Crippen molar-refractivity contribution in [3.63, 3.8) is 0 Å². The molecule has 0 fully saturated rings. The maximum atomic E-state index is 11.2. The topological polar surface area (TPSA) is 105 Å². The number of nitro benzene ring substituents is 1. The van der Waals surface area contributed by atoms with Gasteiger partial charge in [-0.05, 0) is 36.8 Å². The minimum Gasteiger partial charge on any atom is -0.477 e. The summed E-state index contributed by atoms with van der Waals surface area (Å²) in [6, 6.07) is 7.51. The first kappa shape index (κ1) is 14.4. The summed E-state index contributed by atoms with van der Waals surface area (Å²) in [6.45, 7) is 1.83. The quantitative estimate of drug-likeness (QED) is 0.647. The van der Waals surface area contributed by atoms with Crippen LogP contribution in [0, 0.1) is 10.1 Å². The summed E-state index contributed by atoms with van der Waals surface area (Å²) >= 11 is 0. The minimum atomic E-state index is -1.33. The molecular formula is C14H13N3O4. The standard InChI is InChI=1S/C14H13N3O4/c1-9(10-5-7-15-8-6-10)16-12-4-2-3-11(14(18)19)13(12)17(20)21/h2-9,16H,1H3,(H,18,19). The number of nitrogens with one attached hydrogen (secondary N) is 1. The molecule has 1 atom stereocenters. The first-order chi connectivity index (χ1) is 10.0. The zero-order valence-electron chi connectivity index (χ0n) is 11.2. The van der Waals surface area contributed by atoms with Crippen molar-refractivity contribution in [1.82, 2.24) is 4.98 Å². The van der Waals surface area contributed by atoms with E-state index in [0.717, 1.165) is 5.56 Å². The van der Waals surface area contributed by atoms with E-state index in [0.29, 0.717) is 0 Å². The highest BCUT2D eigenvalue weighted by molar-refractivity contribution is 5.95. The summed E-state index contributed by atoms with van der Waals surface area (Å²) in [5, 5.41) is 23.2. The van der Waals surface area contributed by atoms with Gasteiger partial charge in [-0.15, -0.1) is 0 Å². The van der Waals surface area contributed by atoms with Crippen molar-refractivity contribution in [2.75, 3.05) is 5.32 Å². The van der Waals surface area contributed by atoms with Crippen LogP contribution in [0.15, 0.2) is 42.7 Å². The van der Waals surface area contributed by atoms with Gasteiger partial charge in [-0.3, -0.25) is 15.1 Å². The van der Waals surface area contributed by atoms with Gasteiger partial charge in [0.2, 0.25) is 0 Å². The van der Waals surface area contributed by atoms with Crippen molar-refractivity contribution in [3.8, 4) is 0 Å². The Morgan fingerprint density at radius 1 is 1.33 bits per heavy atom. The Bertz CT molecular complexity index is 673. The van der Waals surface area contributed by atoms with Gasteiger partial charge in [0.05, 0.1) is 4.92 Å². The third kappa shape index (κ3) is 3.14. The molecule has 2 rings (SSSR count). The number of carboxylic acid groups (broad SMARTS) is 1. The number of anilines is 1. The van der Waals surface area contributed by atoms with E-state index in [2.05, 4.69) is 10.3 Å². The SMILES string of the molecule is CC(Nc1cccc(C(=O)O)c1[N+](=O)[O-])c1ccncc1. The van der Waals surface area contributed by atoms with Crippen LogP contribution < -0.4 is 5.32 Å². The second kappa shape index (κ2) is 6.00. The zero-order valence-corrected chi connectivity index (χ0v) is 11.2. The van der Waals surface area contributed by atoms with E-state index in [-0.39, 0.29) is 17.3 Å². The van der Waals surface area contributed by atoms with E-state index >= 15 is 0 Å². The number of hydrogen-bond acceptors (Lipinski definition) is 5. The average molecular weight is 287 g/mol. The van der Waals surface area contributed by atoms with Crippen molar-refractivity contribution in [2.24, 2.45) is 0 Å². The number of benzene rings is 1. The highest BCUT2D eigenvalue weighted by atomic mass is 16.6. The molecule has 0 radical (unpaired) electrons. The normalized spacial score (nSPS) is 11.7. The van der Waals surface area contributed by atoms with Gasteiger partial charge in [0, 0.05) is 18.4 Å². The molecule has 1 aromatic heterocycles. The molecule has 2 N–H and O–H groups in total. The molecule has 0 aliphatic rings. The summed E-state index contributed by atoms with van der Waals surface area (Å²) < 4.78 is 0. The number of nitrogens with zero attached hydrogens (tertiary/aromatic N) is 2. The number of hydrogen-bond donors (Lipinski definition) is 2. The number of rotatable bonds is 5. The lowest BCUT2D eigenvalue weighted by Crippen LogP contribution is -2.11. The molecule has 108 valence electrons. The number of aromatic nitrogens is 1. The second-order valence-corrected chi connectivity index (χ2v) is 4.41. The van der Waals surface area contributed by atoms with Gasteiger partial charge >= 0.3 is 11.7 Å². The van der Waals surface area contributed by atoms with Crippen LogP contribution in [0.2, 0.25) is 0 Å². The first-order valence-electron chi connectivity index (χ1n) is 6.18. The molecule has 2 aromatic rings. The Kier molecular flexibility index (Phi) is 4.13. The number of pyridine rings is 1. The predicted octanol–water partition coefficient (Wildman–Crippen LogP) is 2.86. The maximum Gasteiger partial charge on any atom is 0.342 e. The molecule has 21 heavy (non-hydrogen) atoms. The Morgan fingerprint density at radius 2 is 2.00 bits per heavy atom. The Hall–Kier alpha value is -2.96. The van der Waals surface area contributed by atoms with Crippen LogP contribution in [0.1, 0.15) is 28.9 Å². The van der Waals surface area contributed by atoms with E-state index in [1.54, 1.807) is 24.5 Å². The number of nitro groups is 1. The van der Waals surface area contributed by atoms with Crippen LogP contribution in [-0.4, -0.2) is 21.0 Å². The zero-order chi connectivity index (χ0) is 15.4. The molecule has 0 amide bonds. The van der Waals surface area contributed by atoms with E-state index < -0.39 is 16.6 Å². The molecule has 1 unspecified atom stereocenters. The summed E-state index contributed by atoms with van der Waals surface area (Å²) in [6.07, 6.45) is 3.24. The number of aromatic carboxylic acids is 1. The highest BCUT2D eigenvalue weighted by Crippen LogP contribution is 2.31. The van der Waals surface area contributed by atoms with E-state index in [9.17, 15) is 14.9 Å². The molecule has 0 bridgehead atoms. The predicted molar refractivity (Wildman–Crippen MR) is 76.3 cm³/mol. The second-order valence-electron chi connectivity index (χ2n) is 4.41. The van der Waals surface area contributed by atoms with Crippen LogP contribution in [0.4, 0.5) is 11.4 Å². The van der Waals surface area contributed by atoms with Gasteiger partial charge < -0.3 is 10.4 Å². The van der Waals surface area contributed by atoms with Crippen LogP contribution in [0.5, 0.6) is 0 Å². The fourth-order valence-electron chi connectivity index (χ4n) is 2.00. The molecule has 0 saturated carbocycles. The third-order valence-electron chi connectivity index (χ3n) is 3.03. The average Bonchev–Trinajstić information content (AvgIpc) is 2.47. The summed E-state index contributed by atoms with van der Waals surface area (Å²) in [7, 11) is 0. The van der Waals surface area contributed by atoms with Crippen LogP contribution >= 0.6 is 0 Å². The summed E-state index contributed by atoms with van der Waals surface area (Å²) in [5.41, 5.74) is 0.280. The fraction of sp³-hybridized carbons (Fsp3) is 0.143. The van der Waals surface area contributed by atoms with Crippen LogP contribution in [0.3, 0.4) is 0 Å². The highest BCUT2D eigenvalue weighted by Gasteiger charge is 2.24. The van der Waals surface area contributed by atoms with Gasteiger partial charge in [-0.25, -0.2) is 4.79 Å². The molecule has 1 aromatic carbocycles. The number of carbonyl (C=O) groups is 1. The van der Waals surface area contributed by atoms with Crippen molar-refractivity contribution < 1.29 is 14.8 Å². The maximum absolute atomic E-state index is 11.2. The van der Waals surface area contributed by atoms with Gasteiger partial charge in [-0.1, -0.05) is 6.07 Å². The largest absolute Gasteiger partial charge is 0.477 e. The van der Waals surface area contributed by atoms with Gasteiger partial charge in [0.15, 0.2) is 0 Å². The fourth-order valence-corrected chi connectivity index (χ4v) is 2.00. The van der Waals surface area contributed by atoms with E-state index in [1.807, 2.05) is 6.92 Å².